The van der Waals surface area contributed by atoms with Gasteiger partial charge in [0.25, 0.3) is 0 Å². The quantitative estimate of drug-likeness (QED) is 0.775. The lowest BCUT2D eigenvalue weighted by atomic mass is 10.0. The Balaban J connectivity index is 1.82. The van der Waals surface area contributed by atoms with E-state index >= 15 is 0 Å². The second-order valence-corrected chi connectivity index (χ2v) is 5.72. The van der Waals surface area contributed by atoms with Crippen LogP contribution in [0.3, 0.4) is 0 Å². The molecule has 0 radical (unpaired) electrons. The normalized spacial score (nSPS) is 13.2. The van der Waals surface area contributed by atoms with Gasteiger partial charge in [-0.25, -0.2) is 0 Å². The van der Waals surface area contributed by atoms with Crippen molar-refractivity contribution in [3.8, 4) is 35.2 Å². The van der Waals surface area contributed by atoms with E-state index in [9.17, 15) is 0 Å². The van der Waals surface area contributed by atoms with Crippen molar-refractivity contribution in [2.45, 2.75) is 6.42 Å². The van der Waals surface area contributed by atoms with E-state index in [-0.39, 0.29) is 0 Å². The molecule has 1 aliphatic heterocycles. The average Bonchev–Trinajstić information content (AvgIpc) is 2.72. The third kappa shape index (κ3) is 4.70. The van der Waals surface area contributed by atoms with Crippen LogP contribution in [0.25, 0.3) is 0 Å². The predicted molar refractivity (Wildman–Crippen MR) is 102 cm³/mol. The zero-order chi connectivity index (χ0) is 18.2. The monoisotopic (exact) mass is 344 g/mol. The largest absolute Gasteiger partial charge is 0.497 e. The minimum absolute atomic E-state index is 0.510. The van der Waals surface area contributed by atoms with Gasteiger partial charge in [0, 0.05) is 28.7 Å². The topological polar surface area (TPSA) is 27.7 Å². The number of ether oxygens (including phenoxy) is 3. The molecule has 0 unspecified atom stereocenters. The molecule has 0 atom stereocenters. The molecule has 0 saturated carbocycles. The Morgan fingerprint density at radius 1 is 0.692 bits per heavy atom. The molecule has 0 N–H and O–H groups in total. The van der Waals surface area contributed by atoms with Crippen LogP contribution >= 0.6 is 0 Å². The van der Waals surface area contributed by atoms with Crippen LogP contribution in [-0.2, 0) is 4.74 Å². The zero-order valence-electron chi connectivity index (χ0n) is 15.0. The van der Waals surface area contributed by atoms with Gasteiger partial charge in [0.1, 0.15) is 11.5 Å². The Labute approximate surface area is 154 Å². The number of rotatable bonds is 2. The Bertz CT molecular complexity index is 821. The van der Waals surface area contributed by atoms with Gasteiger partial charge in [-0.05, 0) is 48.5 Å². The SMILES string of the molecule is COc1ccc(C#CC2=C(C#Cc3ccc(OC)cc3)COCC2)cc1. The van der Waals surface area contributed by atoms with Gasteiger partial charge in [0.2, 0.25) is 0 Å². The average molecular weight is 344 g/mol. The highest BCUT2D eigenvalue weighted by atomic mass is 16.5. The summed E-state index contributed by atoms with van der Waals surface area (Å²) in [6.45, 7) is 1.19. The van der Waals surface area contributed by atoms with E-state index in [4.69, 9.17) is 14.2 Å². The molecule has 3 nitrogen and oxygen atoms in total. The van der Waals surface area contributed by atoms with Crippen molar-refractivity contribution in [3.05, 3.63) is 70.8 Å². The lowest BCUT2D eigenvalue weighted by molar-refractivity contribution is 0.151. The molecular weight excluding hydrogens is 324 g/mol. The minimum atomic E-state index is 0.510. The van der Waals surface area contributed by atoms with E-state index in [2.05, 4.69) is 23.7 Å². The molecular formula is C23H20O3. The molecule has 3 heteroatoms. The van der Waals surface area contributed by atoms with Crippen molar-refractivity contribution < 1.29 is 14.2 Å². The van der Waals surface area contributed by atoms with Gasteiger partial charge < -0.3 is 14.2 Å². The molecule has 1 aliphatic rings. The first kappa shape index (κ1) is 17.7. The van der Waals surface area contributed by atoms with Gasteiger partial charge in [-0.15, -0.1) is 0 Å². The third-order valence-corrected chi connectivity index (χ3v) is 4.00. The van der Waals surface area contributed by atoms with E-state index in [1.165, 1.54) is 0 Å². The van der Waals surface area contributed by atoms with Gasteiger partial charge in [-0.2, -0.15) is 0 Å². The maximum Gasteiger partial charge on any atom is 0.118 e. The fourth-order valence-electron chi connectivity index (χ4n) is 2.48. The summed E-state index contributed by atoms with van der Waals surface area (Å²) in [6.07, 6.45) is 0.787. The molecule has 2 aromatic carbocycles. The van der Waals surface area contributed by atoms with Crippen molar-refractivity contribution in [3.63, 3.8) is 0 Å². The highest BCUT2D eigenvalue weighted by Crippen LogP contribution is 2.16. The lowest BCUT2D eigenvalue weighted by Crippen LogP contribution is -2.09. The van der Waals surface area contributed by atoms with Crippen molar-refractivity contribution in [1.82, 2.24) is 0 Å². The maximum atomic E-state index is 5.55. The summed E-state index contributed by atoms with van der Waals surface area (Å²) in [5.41, 5.74) is 3.89. The molecule has 2 aromatic rings. The van der Waals surface area contributed by atoms with Crippen molar-refractivity contribution in [1.29, 1.82) is 0 Å². The van der Waals surface area contributed by atoms with Crippen LogP contribution in [0, 0.1) is 23.7 Å². The highest BCUT2D eigenvalue weighted by molar-refractivity contribution is 5.51. The molecule has 130 valence electrons. The number of benzene rings is 2. The second-order valence-electron chi connectivity index (χ2n) is 5.72. The van der Waals surface area contributed by atoms with Crippen LogP contribution in [-0.4, -0.2) is 27.4 Å². The first-order chi connectivity index (χ1) is 12.8. The third-order valence-electron chi connectivity index (χ3n) is 4.00. The predicted octanol–water partition coefficient (Wildman–Crippen LogP) is 3.82. The Kier molecular flexibility index (Phi) is 5.99. The van der Waals surface area contributed by atoms with Crippen LogP contribution in [0.1, 0.15) is 17.5 Å². The van der Waals surface area contributed by atoms with E-state index < -0.39 is 0 Å². The van der Waals surface area contributed by atoms with Crippen LogP contribution < -0.4 is 9.47 Å². The summed E-state index contributed by atoms with van der Waals surface area (Å²) < 4.78 is 15.9. The molecule has 0 aromatic heterocycles. The molecule has 0 amide bonds. The molecule has 0 bridgehead atoms. The summed E-state index contributed by atoms with van der Waals surface area (Å²) in [5, 5.41) is 0. The van der Waals surface area contributed by atoms with E-state index in [1.54, 1.807) is 14.2 Å². The fourth-order valence-corrected chi connectivity index (χ4v) is 2.48. The fraction of sp³-hybridized carbons (Fsp3) is 0.217. The molecule has 0 saturated heterocycles. The summed E-state index contributed by atoms with van der Waals surface area (Å²) in [5.74, 6) is 14.5. The summed E-state index contributed by atoms with van der Waals surface area (Å²) >= 11 is 0. The molecule has 3 rings (SSSR count). The van der Waals surface area contributed by atoms with Gasteiger partial charge in [-0.3, -0.25) is 0 Å². The lowest BCUT2D eigenvalue weighted by Gasteiger charge is -2.13. The smallest absolute Gasteiger partial charge is 0.118 e. The molecule has 1 heterocycles. The van der Waals surface area contributed by atoms with Gasteiger partial charge >= 0.3 is 0 Å². The molecule has 26 heavy (non-hydrogen) atoms. The number of hydrogen-bond donors (Lipinski definition) is 0. The number of hydrogen-bond acceptors (Lipinski definition) is 3. The van der Waals surface area contributed by atoms with Crippen LogP contribution in [0.4, 0.5) is 0 Å². The standard InChI is InChI=1S/C23H20O3/c1-24-22-11-5-18(6-12-22)3-9-20-15-16-26-17-21(20)10-4-19-7-13-23(25-2)14-8-19/h5-8,11-14H,15-17H2,1-2H3. The van der Waals surface area contributed by atoms with Crippen molar-refractivity contribution >= 4 is 0 Å². The summed E-state index contributed by atoms with van der Waals surface area (Å²) in [6, 6.07) is 15.4. The van der Waals surface area contributed by atoms with Crippen LogP contribution in [0.5, 0.6) is 11.5 Å². The Hall–Kier alpha value is -3.14. The first-order valence-electron chi connectivity index (χ1n) is 8.40. The van der Waals surface area contributed by atoms with Crippen LogP contribution in [0.15, 0.2) is 59.7 Å². The van der Waals surface area contributed by atoms with E-state index in [1.807, 2.05) is 48.5 Å². The van der Waals surface area contributed by atoms with Gasteiger partial charge in [0.05, 0.1) is 27.4 Å². The van der Waals surface area contributed by atoms with Gasteiger partial charge in [-0.1, -0.05) is 23.7 Å². The summed E-state index contributed by atoms with van der Waals surface area (Å²) in [4.78, 5) is 0. The Morgan fingerprint density at radius 2 is 1.19 bits per heavy atom. The minimum Gasteiger partial charge on any atom is -0.497 e. The maximum absolute atomic E-state index is 5.55. The summed E-state index contributed by atoms with van der Waals surface area (Å²) in [7, 11) is 3.31. The van der Waals surface area contributed by atoms with Crippen molar-refractivity contribution in [2.75, 3.05) is 27.4 Å². The zero-order valence-corrected chi connectivity index (χ0v) is 15.0. The molecule has 0 spiro atoms. The van der Waals surface area contributed by atoms with Crippen LogP contribution in [0.2, 0.25) is 0 Å². The molecule has 0 fully saturated rings. The number of methoxy groups -OCH3 is 2. The van der Waals surface area contributed by atoms with Crippen molar-refractivity contribution in [2.24, 2.45) is 0 Å². The second kappa shape index (κ2) is 8.81. The van der Waals surface area contributed by atoms with E-state index in [0.29, 0.717) is 13.2 Å². The van der Waals surface area contributed by atoms with Gasteiger partial charge in [0.15, 0.2) is 0 Å². The first-order valence-corrected chi connectivity index (χ1v) is 8.40. The van der Waals surface area contributed by atoms with E-state index in [0.717, 1.165) is 40.2 Å². The highest BCUT2D eigenvalue weighted by Gasteiger charge is 2.09. The Morgan fingerprint density at radius 3 is 1.69 bits per heavy atom. The molecule has 0 aliphatic carbocycles.